The molecule has 1 fully saturated rings. The first kappa shape index (κ1) is 15.8. The van der Waals surface area contributed by atoms with E-state index >= 15 is 0 Å². The Bertz CT molecular complexity index is 326. The van der Waals surface area contributed by atoms with Gasteiger partial charge >= 0.3 is 0 Å². The van der Waals surface area contributed by atoms with Crippen molar-refractivity contribution in [3.05, 3.63) is 0 Å². The van der Waals surface area contributed by atoms with E-state index in [4.69, 9.17) is 10.5 Å². The molecule has 0 atom stereocenters. The van der Waals surface area contributed by atoms with Crippen LogP contribution in [0.1, 0.15) is 19.3 Å². The summed E-state index contributed by atoms with van der Waals surface area (Å²) in [6.45, 7) is 2.89. The number of rotatable bonds is 7. The third-order valence-corrected chi connectivity index (χ3v) is 5.44. The maximum Gasteiger partial charge on any atom is 0.281 e. The number of methoxy groups -OCH3 is 1. The number of nitrogens with two attached hydrogens (primary N) is 1. The summed E-state index contributed by atoms with van der Waals surface area (Å²) < 4.78 is 32.4. The molecule has 0 aliphatic carbocycles. The Labute approximate surface area is 110 Å². The highest BCUT2D eigenvalue weighted by atomic mass is 32.2. The molecule has 7 heteroatoms. The van der Waals surface area contributed by atoms with Crippen molar-refractivity contribution in [2.24, 2.45) is 11.7 Å². The fraction of sp³-hybridized carbons (Fsp3) is 1.00. The van der Waals surface area contributed by atoms with Gasteiger partial charge in [0.25, 0.3) is 10.2 Å². The number of ether oxygens (including phenoxy) is 1. The standard InChI is InChI=1S/C11H25N3O3S/c1-13(6-3-9-17-2)18(15,16)14-7-4-11(10-12)5-8-14/h11H,3-10,12H2,1-2H3. The van der Waals surface area contributed by atoms with Crippen LogP contribution in [0.4, 0.5) is 0 Å². The van der Waals surface area contributed by atoms with Gasteiger partial charge in [-0.05, 0) is 31.7 Å². The number of piperidine rings is 1. The lowest BCUT2D eigenvalue weighted by Gasteiger charge is -2.33. The Morgan fingerprint density at radius 1 is 1.39 bits per heavy atom. The van der Waals surface area contributed by atoms with E-state index in [0.29, 0.717) is 45.1 Å². The van der Waals surface area contributed by atoms with Crippen molar-refractivity contribution in [1.29, 1.82) is 0 Å². The molecule has 108 valence electrons. The lowest BCUT2D eigenvalue weighted by Crippen LogP contribution is -2.46. The van der Waals surface area contributed by atoms with Crippen molar-refractivity contribution in [3.63, 3.8) is 0 Å². The monoisotopic (exact) mass is 279 g/mol. The predicted molar refractivity (Wildman–Crippen MR) is 71.4 cm³/mol. The summed E-state index contributed by atoms with van der Waals surface area (Å²) in [5.74, 6) is 0.468. The van der Waals surface area contributed by atoms with Gasteiger partial charge < -0.3 is 10.5 Å². The SMILES string of the molecule is COCCCN(C)S(=O)(=O)N1CCC(CN)CC1. The van der Waals surface area contributed by atoms with Gasteiger partial charge in [-0.25, -0.2) is 0 Å². The highest BCUT2D eigenvalue weighted by Crippen LogP contribution is 2.19. The molecule has 0 saturated carbocycles. The quantitative estimate of drug-likeness (QED) is 0.659. The van der Waals surface area contributed by atoms with E-state index in [1.165, 1.54) is 4.31 Å². The minimum atomic E-state index is -3.30. The van der Waals surface area contributed by atoms with Gasteiger partial charge in [0.15, 0.2) is 0 Å². The third-order valence-electron chi connectivity index (χ3n) is 3.45. The first-order valence-electron chi connectivity index (χ1n) is 6.42. The Morgan fingerprint density at radius 2 is 2.00 bits per heavy atom. The van der Waals surface area contributed by atoms with Crippen LogP contribution < -0.4 is 5.73 Å². The van der Waals surface area contributed by atoms with E-state index in [1.807, 2.05) is 0 Å². The van der Waals surface area contributed by atoms with Gasteiger partial charge in [0.2, 0.25) is 0 Å². The Balaban J connectivity index is 2.48. The highest BCUT2D eigenvalue weighted by molar-refractivity contribution is 7.86. The lowest BCUT2D eigenvalue weighted by molar-refractivity contribution is 0.187. The van der Waals surface area contributed by atoms with Crippen molar-refractivity contribution in [1.82, 2.24) is 8.61 Å². The predicted octanol–water partition coefficient (Wildman–Crippen LogP) is -0.130. The molecule has 0 bridgehead atoms. The maximum atomic E-state index is 12.3. The normalized spacial score (nSPS) is 19.6. The van der Waals surface area contributed by atoms with E-state index < -0.39 is 10.2 Å². The van der Waals surface area contributed by atoms with Crippen LogP contribution in [0, 0.1) is 5.92 Å². The van der Waals surface area contributed by atoms with Crippen LogP contribution in [-0.2, 0) is 14.9 Å². The first-order valence-corrected chi connectivity index (χ1v) is 7.82. The highest BCUT2D eigenvalue weighted by Gasteiger charge is 2.30. The Hall–Kier alpha value is -0.210. The Morgan fingerprint density at radius 3 is 2.50 bits per heavy atom. The van der Waals surface area contributed by atoms with E-state index in [-0.39, 0.29) is 0 Å². The molecular formula is C11H25N3O3S. The zero-order chi connectivity index (χ0) is 13.6. The second-order valence-electron chi connectivity index (χ2n) is 4.75. The minimum absolute atomic E-state index is 0.468. The molecule has 6 nitrogen and oxygen atoms in total. The van der Waals surface area contributed by atoms with Crippen LogP contribution in [0.25, 0.3) is 0 Å². The van der Waals surface area contributed by atoms with Gasteiger partial charge in [0, 0.05) is 40.4 Å². The Kier molecular flexibility index (Phi) is 6.51. The van der Waals surface area contributed by atoms with Crippen LogP contribution in [0.5, 0.6) is 0 Å². The molecule has 1 saturated heterocycles. The van der Waals surface area contributed by atoms with Gasteiger partial charge in [-0.2, -0.15) is 17.0 Å². The van der Waals surface area contributed by atoms with Crippen LogP contribution in [0.2, 0.25) is 0 Å². The molecular weight excluding hydrogens is 254 g/mol. The molecule has 0 aromatic carbocycles. The minimum Gasteiger partial charge on any atom is -0.385 e. The van der Waals surface area contributed by atoms with E-state index in [1.54, 1.807) is 18.5 Å². The van der Waals surface area contributed by atoms with Gasteiger partial charge in [-0.1, -0.05) is 0 Å². The van der Waals surface area contributed by atoms with E-state index in [0.717, 1.165) is 12.8 Å². The van der Waals surface area contributed by atoms with Crippen molar-refractivity contribution in [3.8, 4) is 0 Å². The zero-order valence-corrected chi connectivity index (χ0v) is 12.2. The molecule has 0 spiro atoms. The summed E-state index contributed by atoms with van der Waals surface area (Å²) in [5, 5.41) is 0. The van der Waals surface area contributed by atoms with Crippen molar-refractivity contribution in [2.75, 3.05) is 46.9 Å². The summed E-state index contributed by atoms with van der Waals surface area (Å²) in [6, 6.07) is 0. The summed E-state index contributed by atoms with van der Waals surface area (Å²) in [4.78, 5) is 0. The molecule has 1 aliphatic heterocycles. The van der Waals surface area contributed by atoms with Gasteiger partial charge in [-0.15, -0.1) is 0 Å². The average Bonchev–Trinajstić information content (AvgIpc) is 2.39. The smallest absolute Gasteiger partial charge is 0.281 e. The topological polar surface area (TPSA) is 75.9 Å². The number of nitrogens with zero attached hydrogens (tertiary/aromatic N) is 2. The fourth-order valence-corrected chi connectivity index (χ4v) is 3.55. The summed E-state index contributed by atoms with van der Waals surface area (Å²) >= 11 is 0. The first-order chi connectivity index (χ1) is 8.52. The third kappa shape index (κ3) is 4.17. The van der Waals surface area contributed by atoms with Crippen molar-refractivity contribution >= 4 is 10.2 Å². The molecule has 0 amide bonds. The fourth-order valence-electron chi connectivity index (χ4n) is 2.12. The molecule has 18 heavy (non-hydrogen) atoms. The van der Waals surface area contributed by atoms with Crippen LogP contribution in [0.3, 0.4) is 0 Å². The van der Waals surface area contributed by atoms with Crippen LogP contribution in [0.15, 0.2) is 0 Å². The molecule has 0 unspecified atom stereocenters. The number of hydrogen-bond acceptors (Lipinski definition) is 4. The summed E-state index contributed by atoms with van der Waals surface area (Å²) in [5.41, 5.74) is 5.61. The number of hydrogen-bond donors (Lipinski definition) is 1. The molecule has 1 aliphatic rings. The molecule has 2 N–H and O–H groups in total. The summed E-state index contributed by atoms with van der Waals surface area (Å²) in [6.07, 6.45) is 2.44. The van der Waals surface area contributed by atoms with Crippen LogP contribution in [-0.4, -0.2) is 64.0 Å². The molecule has 1 rings (SSSR count). The van der Waals surface area contributed by atoms with Gasteiger partial charge in [0.1, 0.15) is 0 Å². The maximum absolute atomic E-state index is 12.3. The lowest BCUT2D eigenvalue weighted by atomic mass is 9.99. The molecule has 0 aromatic heterocycles. The molecule has 0 radical (unpaired) electrons. The van der Waals surface area contributed by atoms with Crippen molar-refractivity contribution < 1.29 is 13.2 Å². The van der Waals surface area contributed by atoms with Crippen LogP contribution >= 0.6 is 0 Å². The second-order valence-corrected chi connectivity index (χ2v) is 6.79. The van der Waals surface area contributed by atoms with Crippen molar-refractivity contribution in [2.45, 2.75) is 19.3 Å². The zero-order valence-electron chi connectivity index (χ0n) is 11.3. The molecule has 0 aromatic rings. The summed E-state index contributed by atoms with van der Waals surface area (Å²) in [7, 11) is -0.0617. The van der Waals surface area contributed by atoms with E-state index in [9.17, 15) is 8.42 Å². The van der Waals surface area contributed by atoms with Gasteiger partial charge in [0.05, 0.1) is 0 Å². The van der Waals surface area contributed by atoms with Gasteiger partial charge in [-0.3, -0.25) is 0 Å². The average molecular weight is 279 g/mol. The second kappa shape index (κ2) is 7.40. The van der Waals surface area contributed by atoms with E-state index in [2.05, 4.69) is 0 Å². The largest absolute Gasteiger partial charge is 0.385 e. The molecule has 1 heterocycles.